The van der Waals surface area contributed by atoms with Gasteiger partial charge in [0.05, 0.1) is 0 Å². The van der Waals surface area contributed by atoms with Gasteiger partial charge >= 0.3 is 0 Å². The molecule has 4 nitrogen and oxygen atoms in total. The van der Waals surface area contributed by atoms with Crippen LogP contribution in [-0.4, -0.2) is 17.4 Å². The minimum atomic E-state index is -0.204. The Kier molecular flexibility index (Phi) is 4.79. The highest BCUT2D eigenvalue weighted by atomic mass is 32.2. The van der Waals surface area contributed by atoms with Gasteiger partial charge in [0.25, 0.3) is 5.91 Å². The van der Waals surface area contributed by atoms with E-state index in [4.69, 9.17) is 5.73 Å². The Hall–Kier alpha value is -2.27. The molecule has 1 heterocycles. The molecule has 0 saturated carbocycles. The van der Waals surface area contributed by atoms with Gasteiger partial charge in [-0.3, -0.25) is 9.78 Å². The first-order valence-corrected chi connectivity index (χ1v) is 6.89. The molecule has 0 unspecified atom stereocenters. The van der Waals surface area contributed by atoms with Gasteiger partial charge < -0.3 is 11.1 Å². The lowest BCUT2D eigenvalue weighted by atomic mass is 10.3. The average molecular weight is 285 g/mol. The molecule has 102 valence electrons. The zero-order chi connectivity index (χ0) is 14.4. The lowest BCUT2D eigenvalue weighted by molar-refractivity contribution is 0.0953. The zero-order valence-corrected chi connectivity index (χ0v) is 11.7. The summed E-state index contributed by atoms with van der Waals surface area (Å²) in [5.41, 5.74) is 6.78. The topological polar surface area (TPSA) is 68.0 Å². The van der Waals surface area contributed by atoms with E-state index in [1.54, 1.807) is 30.1 Å². The molecule has 0 spiro atoms. The van der Waals surface area contributed by atoms with Crippen molar-refractivity contribution >= 4 is 23.4 Å². The number of carbonyl (C=O) groups excluding carboxylic acids is 1. The Bertz CT molecular complexity index is 611. The first-order valence-electron chi connectivity index (χ1n) is 6.07. The van der Waals surface area contributed by atoms with E-state index >= 15 is 0 Å². The number of nitrogens with zero attached hydrogens (tertiary/aromatic N) is 1. The summed E-state index contributed by atoms with van der Waals surface area (Å²) in [5, 5.41) is 2.70. The van der Waals surface area contributed by atoms with E-state index < -0.39 is 0 Å². The molecule has 0 aliphatic rings. The number of carbonyl (C=O) groups is 1. The van der Waals surface area contributed by atoms with Crippen molar-refractivity contribution in [1.29, 1.82) is 0 Å². The first kappa shape index (κ1) is 14.1. The number of benzene rings is 1. The number of pyridine rings is 1. The summed E-state index contributed by atoms with van der Waals surface area (Å²) in [6, 6.07) is 11.2. The van der Waals surface area contributed by atoms with E-state index in [1.165, 1.54) is 0 Å². The molecule has 2 rings (SSSR count). The predicted molar refractivity (Wildman–Crippen MR) is 81.7 cm³/mol. The number of nitrogens with one attached hydrogen (secondary N) is 1. The minimum absolute atomic E-state index is 0.204. The number of aromatic nitrogens is 1. The van der Waals surface area contributed by atoms with Crippen LogP contribution in [0.15, 0.2) is 65.0 Å². The molecule has 1 amide bonds. The summed E-state index contributed by atoms with van der Waals surface area (Å²) in [6.45, 7) is 3.98. The molecule has 1 aromatic heterocycles. The van der Waals surface area contributed by atoms with Crippen molar-refractivity contribution < 1.29 is 4.79 Å². The summed E-state index contributed by atoms with van der Waals surface area (Å²) in [6.07, 6.45) is 3.26. The number of anilines is 1. The Balaban J connectivity index is 2.11. The number of nitrogen functional groups attached to an aromatic ring is 1. The van der Waals surface area contributed by atoms with Crippen LogP contribution in [0, 0.1) is 0 Å². The van der Waals surface area contributed by atoms with Crippen LogP contribution >= 0.6 is 11.8 Å². The van der Waals surface area contributed by atoms with Crippen molar-refractivity contribution in [2.24, 2.45) is 0 Å². The third kappa shape index (κ3) is 3.86. The van der Waals surface area contributed by atoms with Crippen molar-refractivity contribution in [1.82, 2.24) is 10.3 Å². The van der Waals surface area contributed by atoms with Crippen LogP contribution in [-0.2, 0) is 0 Å². The molecule has 5 heteroatoms. The fourth-order valence-electron chi connectivity index (χ4n) is 1.53. The third-order valence-corrected chi connectivity index (χ3v) is 3.48. The van der Waals surface area contributed by atoms with Crippen LogP contribution in [0.2, 0.25) is 0 Å². The van der Waals surface area contributed by atoms with Gasteiger partial charge in [0.2, 0.25) is 0 Å². The van der Waals surface area contributed by atoms with Crippen molar-refractivity contribution in [3.63, 3.8) is 0 Å². The molecule has 0 aliphatic carbocycles. The number of hydrogen-bond donors (Lipinski definition) is 2. The standard InChI is InChI=1S/C15H15N3OS/c1-2-8-18-15(19)14-10-13(7-9-17-14)20-12-5-3-11(16)4-6-12/h2-7,9-10H,1,8,16H2,(H,18,19). The molecule has 2 aromatic rings. The first-order chi connectivity index (χ1) is 9.69. The highest BCUT2D eigenvalue weighted by Crippen LogP contribution is 2.28. The molecule has 0 atom stereocenters. The largest absolute Gasteiger partial charge is 0.399 e. The van der Waals surface area contributed by atoms with Crippen molar-refractivity contribution in [3.8, 4) is 0 Å². The van der Waals surface area contributed by atoms with Gasteiger partial charge in [-0.1, -0.05) is 17.8 Å². The predicted octanol–water partition coefficient (Wildman–Crippen LogP) is 2.73. The second-order valence-corrected chi connectivity index (χ2v) is 5.19. The van der Waals surface area contributed by atoms with Crippen LogP contribution in [0.5, 0.6) is 0 Å². The Labute approximate surface area is 122 Å². The van der Waals surface area contributed by atoms with Crippen LogP contribution in [0.4, 0.5) is 5.69 Å². The molecule has 0 saturated heterocycles. The lowest BCUT2D eigenvalue weighted by Gasteiger charge is -2.05. The molecule has 0 fully saturated rings. The molecule has 0 aliphatic heterocycles. The number of nitrogens with two attached hydrogens (primary N) is 1. The van der Waals surface area contributed by atoms with Gasteiger partial charge in [-0.2, -0.15) is 0 Å². The average Bonchev–Trinajstić information content (AvgIpc) is 2.47. The quantitative estimate of drug-likeness (QED) is 0.654. The third-order valence-electron chi connectivity index (χ3n) is 2.49. The maximum atomic E-state index is 11.8. The number of hydrogen-bond acceptors (Lipinski definition) is 4. The fraction of sp³-hybridized carbons (Fsp3) is 0.0667. The number of amides is 1. The van der Waals surface area contributed by atoms with Crippen molar-refractivity contribution in [2.75, 3.05) is 12.3 Å². The maximum Gasteiger partial charge on any atom is 0.270 e. The summed E-state index contributed by atoms with van der Waals surface area (Å²) < 4.78 is 0. The van der Waals surface area contributed by atoms with Crippen molar-refractivity contribution in [3.05, 3.63) is 60.9 Å². The van der Waals surface area contributed by atoms with Crippen LogP contribution in [0.1, 0.15) is 10.5 Å². The molecule has 20 heavy (non-hydrogen) atoms. The normalized spacial score (nSPS) is 10.0. The van der Waals surface area contributed by atoms with Gasteiger partial charge in [-0.15, -0.1) is 6.58 Å². The van der Waals surface area contributed by atoms with Gasteiger partial charge in [-0.25, -0.2) is 0 Å². The monoisotopic (exact) mass is 285 g/mol. The molecule has 0 bridgehead atoms. The smallest absolute Gasteiger partial charge is 0.270 e. The van der Waals surface area contributed by atoms with Crippen LogP contribution in [0.3, 0.4) is 0 Å². The van der Waals surface area contributed by atoms with Gasteiger partial charge in [0, 0.05) is 28.2 Å². The summed E-state index contributed by atoms with van der Waals surface area (Å²) in [4.78, 5) is 17.9. The van der Waals surface area contributed by atoms with E-state index in [9.17, 15) is 4.79 Å². The highest BCUT2D eigenvalue weighted by molar-refractivity contribution is 7.99. The van der Waals surface area contributed by atoms with E-state index in [0.29, 0.717) is 12.2 Å². The summed E-state index contributed by atoms with van der Waals surface area (Å²) in [7, 11) is 0. The Morgan fingerprint density at radius 1 is 1.30 bits per heavy atom. The Morgan fingerprint density at radius 2 is 2.05 bits per heavy atom. The van der Waals surface area contributed by atoms with Crippen molar-refractivity contribution in [2.45, 2.75) is 9.79 Å². The zero-order valence-electron chi connectivity index (χ0n) is 10.9. The van der Waals surface area contributed by atoms with E-state index in [-0.39, 0.29) is 5.91 Å². The maximum absolute atomic E-state index is 11.8. The van der Waals surface area contributed by atoms with Gasteiger partial charge in [0.15, 0.2) is 0 Å². The Morgan fingerprint density at radius 3 is 2.75 bits per heavy atom. The molecule has 0 radical (unpaired) electrons. The molecular weight excluding hydrogens is 270 g/mol. The second kappa shape index (κ2) is 6.77. The second-order valence-electron chi connectivity index (χ2n) is 4.05. The summed E-state index contributed by atoms with van der Waals surface area (Å²) in [5.74, 6) is -0.204. The minimum Gasteiger partial charge on any atom is -0.399 e. The lowest BCUT2D eigenvalue weighted by Crippen LogP contribution is -2.24. The van der Waals surface area contributed by atoms with E-state index in [0.717, 1.165) is 15.5 Å². The fourth-order valence-corrected chi connectivity index (χ4v) is 2.37. The number of rotatable bonds is 5. The summed E-state index contributed by atoms with van der Waals surface area (Å²) >= 11 is 1.56. The highest BCUT2D eigenvalue weighted by Gasteiger charge is 2.07. The van der Waals surface area contributed by atoms with Crippen LogP contribution < -0.4 is 11.1 Å². The SMILES string of the molecule is C=CCNC(=O)c1cc(Sc2ccc(N)cc2)ccn1. The van der Waals surface area contributed by atoms with Gasteiger partial charge in [0.1, 0.15) is 5.69 Å². The molecule has 1 aromatic carbocycles. The molecule has 3 N–H and O–H groups in total. The van der Waals surface area contributed by atoms with E-state index in [2.05, 4.69) is 16.9 Å². The molecular formula is C15H15N3OS. The van der Waals surface area contributed by atoms with Crippen LogP contribution in [0.25, 0.3) is 0 Å². The van der Waals surface area contributed by atoms with Gasteiger partial charge in [-0.05, 0) is 36.4 Å². The van der Waals surface area contributed by atoms with E-state index in [1.807, 2.05) is 30.3 Å².